The van der Waals surface area contributed by atoms with Gasteiger partial charge < -0.3 is 20.3 Å². The number of nitrogens with two attached hydrogens (primary N) is 1. The summed E-state index contributed by atoms with van der Waals surface area (Å²) in [6.45, 7) is 4.51. The highest BCUT2D eigenvalue weighted by Gasteiger charge is 2.21. The molecule has 0 atom stereocenters. The van der Waals surface area contributed by atoms with Crippen LogP contribution in [0.5, 0.6) is 5.88 Å². The summed E-state index contributed by atoms with van der Waals surface area (Å²) >= 11 is 0. The number of rotatable bonds is 6. The molecule has 1 aromatic rings. The Morgan fingerprint density at radius 3 is 2.81 bits per heavy atom. The maximum Gasteiger partial charge on any atom is 0.242 e. The summed E-state index contributed by atoms with van der Waals surface area (Å²) in [5, 5.41) is 0. The van der Waals surface area contributed by atoms with Crippen molar-refractivity contribution >= 4 is 17.4 Å². The van der Waals surface area contributed by atoms with Gasteiger partial charge in [0.25, 0.3) is 0 Å². The molecule has 2 heterocycles. The zero-order valence-electron chi connectivity index (χ0n) is 12.7. The van der Waals surface area contributed by atoms with E-state index >= 15 is 0 Å². The van der Waals surface area contributed by atoms with Crippen LogP contribution in [0.4, 0.5) is 11.5 Å². The molecule has 0 aromatic carbocycles. The molecular formula is C14H23N5O2. The number of carbonyl (C=O) groups is 1. The maximum absolute atomic E-state index is 12.2. The van der Waals surface area contributed by atoms with Crippen molar-refractivity contribution in [3.05, 3.63) is 6.33 Å². The predicted molar refractivity (Wildman–Crippen MR) is 81.3 cm³/mol. The third kappa shape index (κ3) is 3.74. The predicted octanol–water partition coefficient (Wildman–Crippen LogP) is 0.906. The normalized spacial score (nSPS) is 14.3. The fourth-order valence-electron chi connectivity index (χ4n) is 2.33. The van der Waals surface area contributed by atoms with Crippen LogP contribution in [0, 0.1) is 0 Å². The summed E-state index contributed by atoms with van der Waals surface area (Å²) in [5.74, 6) is 1.01. The van der Waals surface area contributed by atoms with Crippen molar-refractivity contribution in [2.75, 3.05) is 43.9 Å². The maximum atomic E-state index is 12.2. The number of nitrogen functional groups attached to an aromatic ring is 1. The number of hydrogen-bond donors (Lipinski definition) is 1. The van der Waals surface area contributed by atoms with Crippen LogP contribution in [0.3, 0.4) is 0 Å². The average molecular weight is 293 g/mol. The number of anilines is 2. The van der Waals surface area contributed by atoms with Crippen LogP contribution in [0.2, 0.25) is 0 Å². The third-order valence-corrected chi connectivity index (χ3v) is 3.46. The molecule has 21 heavy (non-hydrogen) atoms. The van der Waals surface area contributed by atoms with E-state index in [1.165, 1.54) is 6.33 Å². The lowest BCUT2D eigenvalue weighted by molar-refractivity contribution is -0.128. The monoisotopic (exact) mass is 293 g/mol. The molecule has 1 amide bonds. The quantitative estimate of drug-likeness (QED) is 0.839. The van der Waals surface area contributed by atoms with E-state index in [9.17, 15) is 4.79 Å². The Kier molecular flexibility index (Phi) is 5.19. The first-order valence-electron chi connectivity index (χ1n) is 7.35. The van der Waals surface area contributed by atoms with Gasteiger partial charge in [-0.25, -0.2) is 4.98 Å². The van der Waals surface area contributed by atoms with E-state index in [-0.39, 0.29) is 12.5 Å². The standard InChI is InChI=1S/C14H23N5O2/c1-3-8-21-14-12(15)13(16-10-17-14)18(2)9-11(20)19-6-4-5-7-19/h10H,3-9,15H2,1-2H3. The van der Waals surface area contributed by atoms with E-state index in [1.807, 2.05) is 11.8 Å². The molecular weight excluding hydrogens is 270 g/mol. The zero-order chi connectivity index (χ0) is 15.2. The lowest BCUT2D eigenvalue weighted by atomic mass is 10.4. The molecule has 1 saturated heterocycles. The first kappa shape index (κ1) is 15.3. The molecule has 7 nitrogen and oxygen atoms in total. The van der Waals surface area contributed by atoms with Crippen LogP contribution in [-0.2, 0) is 4.79 Å². The minimum atomic E-state index is 0.101. The summed E-state index contributed by atoms with van der Waals surface area (Å²) in [7, 11) is 1.80. The van der Waals surface area contributed by atoms with Crippen molar-refractivity contribution in [1.29, 1.82) is 0 Å². The molecule has 7 heteroatoms. The molecule has 1 aliphatic heterocycles. The van der Waals surface area contributed by atoms with Crippen LogP contribution < -0.4 is 15.4 Å². The van der Waals surface area contributed by atoms with Crippen molar-refractivity contribution in [2.24, 2.45) is 0 Å². The minimum Gasteiger partial charge on any atom is -0.476 e. The molecule has 0 bridgehead atoms. The van der Waals surface area contributed by atoms with E-state index < -0.39 is 0 Å². The van der Waals surface area contributed by atoms with Gasteiger partial charge in [0.05, 0.1) is 13.2 Å². The van der Waals surface area contributed by atoms with Gasteiger partial charge in [-0.05, 0) is 19.3 Å². The molecule has 116 valence electrons. The van der Waals surface area contributed by atoms with Crippen molar-refractivity contribution in [3.63, 3.8) is 0 Å². The van der Waals surface area contributed by atoms with Gasteiger partial charge >= 0.3 is 0 Å². The van der Waals surface area contributed by atoms with Crippen molar-refractivity contribution < 1.29 is 9.53 Å². The summed E-state index contributed by atoms with van der Waals surface area (Å²) in [6, 6.07) is 0. The van der Waals surface area contributed by atoms with Gasteiger partial charge in [-0.15, -0.1) is 0 Å². The van der Waals surface area contributed by atoms with Crippen LogP contribution in [0.1, 0.15) is 26.2 Å². The topological polar surface area (TPSA) is 84.6 Å². The summed E-state index contributed by atoms with van der Waals surface area (Å²) in [6.07, 6.45) is 4.45. The highest BCUT2D eigenvalue weighted by Crippen LogP contribution is 2.27. The minimum absolute atomic E-state index is 0.101. The van der Waals surface area contributed by atoms with Gasteiger partial charge in [-0.3, -0.25) is 4.79 Å². The number of hydrogen-bond acceptors (Lipinski definition) is 6. The second kappa shape index (κ2) is 7.10. The Morgan fingerprint density at radius 2 is 2.14 bits per heavy atom. The van der Waals surface area contributed by atoms with Gasteiger partial charge in [0.1, 0.15) is 12.0 Å². The van der Waals surface area contributed by atoms with Crippen molar-refractivity contribution in [2.45, 2.75) is 26.2 Å². The molecule has 0 saturated carbocycles. The number of nitrogens with zero attached hydrogens (tertiary/aromatic N) is 4. The Hall–Kier alpha value is -2.05. The fourth-order valence-corrected chi connectivity index (χ4v) is 2.33. The molecule has 2 N–H and O–H groups in total. The van der Waals surface area contributed by atoms with Gasteiger partial charge in [0, 0.05) is 20.1 Å². The van der Waals surface area contributed by atoms with E-state index in [2.05, 4.69) is 9.97 Å². The van der Waals surface area contributed by atoms with Gasteiger partial charge in [0.2, 0.25) is 11.8 Å². The van der Waals surface area contributed by atoms with E-state index in [1.54, 1.807) is 11.9 Å². The summed E-state index contributed by atoms with van der Waals surface area (Å²) in [4.78, 5) is 24.0. The Balaban J connectivity index is 2.04. The summed E-state index contributed by atoms with van der Waals surface area (Å²) in [5.41, 5.74) is 6.42. The van der Waals surface area contributed by atoms with Crippen LogP contribution in [0.25, 0.3) is 0 Å². The smallest absolute Gasteiger partial charge is 0.242 e. The highest BCUT2D eigenvalue weighted by atomic mass is 16.5. The lowest BCUT2D eigenvalue weighted by Gasteiger charge is -2.23. The van der Waals surface area contributed by atoms with E-state index in [0.29, 0.717) is 24.0 Å². The van der Waals surface area contributed by atoms with Crippen molar-refractivity contribution in [1.82, 2.24) is 14.9 Å². The number of likely N-dealkylation sites (N-methyl/N-ethyl adjacent to an activating group) is 1. The number of aromatic nitrogens is 2. The van der Waals surface area contributed by atoms with Crippen LogP contribution in [0.15, 0.2) is 6.33 Å². The second-order valence-electron chi connectivity index (χ2n) is 5.21. The number of carbonyl (C=O) groups excluding carboxylic acids is 1. The van der Waals surface area contributed by atoms with Crippen molar-refractivity contribution in [3.8, 4) is 5.88 Å². The third-order valence-electron chi connectivity index (χ3n) is 3.46. The number of ether oxygens (including phenoxy) is 1. The highest BCUT2D eigenvalue weighted by molar-refractivity contribution is 5.82. The van der Waals surface area contributed by atoms with E-state index in [4.69, 9.17) is 10.5 Å². The Labute approximate surface area is 125 Å². The van der Waals surface area contributed by atoms with Gasteiger partial charge in [-0.1, -0.05) is 6.92 Å². The largest absolute Gasteiger partial charge is 0.476 e. The Bertz CT molecular complexity index is 488. The molecule has 1 aliphatic rings. The molecule has 2 rings (SSSR count). The molecule has 0 unspecified atom stereocenters. The number of likely N-dealkylation sites (tertiary alicyclic amines) is 1. The fraction of sp³-hybridized carbons (Fsp3) is 0.643. The number of amides is 1. The molecule has 0 aliphatic carbocycles. The Morgan fingerprint density at radius 1 is 1.43 bits per heavy atom. The first-order valence-corrected chi connectivity index (χ1v) is 7.35. The summed E-state index contributed by atoms with van der Waals surface area (Å²) < 4.78 is 5.48. The second-order valence-corrected chi connectivity index (χ2v) is 5.21. The van der Waals surface area contributed by atoms with Crippen LogP contribution in [-0.4, -0.2) is 54.1 Å². The molecule has 1 fully saturated rings. The van der Waals surface area contributed by atoms with Gasteiger partial charge in [0.15, 0.2) is 5.82 Å². The van der Waals surface area contributed by atoms with Crippen LogP contribution >= 0.6 is 0 Å². The zero-order valence-corrected chi connectivity index (χ0v) is 12.7. The van der Waals surface area contributed by atoms with E-state index in [0.717, 1.165) is 32.4 Å². The SMILES string of the molecule is CCCOc1ncnc(N(C)CC(=O)N2CCCC2)c1N. The average Bonchev–Trinajstić information content (AvgIpc) is 3.00. The van der Waals surface area contributed by atoms with Gasteiger partial charge in [-0.2, -0.15) is 4.98 Å². The first-order chi connectivity index (χ1) is 10.1. The molecule has 1 aromatic heterocycles. The lowest BCUT2D eigenvalue weighted by Crippen LogP contribution is -2.37. The molecule has 0 spiro atoms. The molecule has 0 radical (unpaired) electrons.